The van der Waals surface area contributed by atoms with E-state index in [9.17, 15) is 4.79 Å². The Morgan fingerprint density at radius 1 is 1.50 bits per heavy atom. The predicted molar refractivity (Wildman–Crippen MR) is 54.7 cm³/mol. The molecule has 0 heterocycles. The molecule has 0 aromatic rings. The topological polar surface area (TPSA) is 46.5 Å². The highest BCUT2D eigenvalue weighted by Crippen LogP contribution is 2.02. The van der Waals surface area contributed by atoms with Crippen molar-refractivity contribution in [1.29, 1.82) is 0 Å². The van der Waals surface area contributed by atoms with Gasteiger partial charge in [0.2, 0.25) is 0 Å². The van der Waals surface area contributed by atoms with Crippen LogP contribution in [0.4, 0.5) is 0 Å². The summed E-state index contributed by atoms with van der Waals surface area (Å²) in [5.41, 5.74) is 0.352. The Labute approximate surface area is 85.4 Å². The Morgan fingerprint density at radius 3 is 2.29 bits per heavy atom. The van der Waals surface area contributed by atoms with Gasteiger partial charge in [-0.15, -0.1) is 0 Å². The molecule has 14 heavy (non-hydrogen) atoms. The summed E-state index contributed by atoms with van der Waals surface area (Å²) >= 11 is 0. The zero-order chi connectivity index (χ0) is 11.4. The van der Waals surface area contributed by atoms with Gasteiger partial charge in [0.25, 0.3) is 0 Å². The molecule has 0 saturated carbocycles. The summed E-state index contributed by atoms with van der Waals surface area (Å²) in [6.07, 6.45) is -0.459. The summed E-state index contributed by atoms with van der Waals surface area (Å²) in [7, 11) is 5.91. The minimum absolute atomic E-state index is 0.158. The van der Waals surface area contributed by atoms with Crippen molar-refractivity contribution in [2.45, 2.75) is 13.0 Å². The molecule has 4 heteroatoms. The molecular formula is C10H20NO3+. The summed E-state index contributed by atoms with van der Waals surface area (Å²) < 4.78 is 5.67. The lowest BCUT2D eigenvalue weighted by molar-refractivity contribution is -0.873. The van der Waals surface area contributed by atoms with Crippen LogP contribution in [0.25, 0.3) is 0 Å². The number of carbonyl (C=O) groups is 1. The van der Waals surface area contributed by atoms with Crippen molar-refractivity contribution in [1.82, 2.24) is 0 Å². The number of hydrogen-bond donors (Lipinski definition) is 1. The van der Waals surface area contributed by atoms with E-state index in [0.29, 0.717) is 16.6 Å². The number of quaternary nitrogens is 1. The SMILES string of the molecule is C=C(C)C(=O)O[C@H](CO)C[N+](C)(C)C. The van der Waals surface area contributed by atoms with Gasteiger partial charge in [-0.3, -0.25) is 0 Å². The van der Waals surface area contributed by atoms with Crippen LogP contribution < -0.4 is 0 Å². The van der Waals surface area contributed by atoms with Gasteiger partial charge in [0.15, 0.2) is 6.10 Å². The molecule has 4 nitrogen and oxygen atoms in total. The Morgan fingerprint density at radius 2 is 2.00 bits per heavy atom. The zero-order valence-electron chi connectivity index (χ0n) is 9.41. The van der Waals surface area contributed by atoms with Crippen LogP contribution in [-0.4, -0.2) is 56.0 Å². The summed E-state index contributed by atoms with van der Waals surface area (Å²) in [4.78, 5) is 11.2. The molecule has 82 valence electrons. The average Bonchev–Trinajstić information content (AvgIpc) is 2.00. The largest absolute Gasteiger partial charge is 0.451 e. The van der Waals surface area contributed by atoms with Crippen LogP contribution in [0.15, 0.2) is 12.2 Å². The first-order valence-corrected chi connectivity index (χ1v) is 4.54. The van der Waals surface area contributed by atoms with Gasteiger partial charge in [-0.2, -0.15) is 0 Å². The monoisotopic (exact) mass is 202 g/mol. The number of likely N-dealkylation sites (N-methyl/N-ethyl adjacent to an activating group) is 1. The molecule has 0 aliphatic carbocycles. The smallest absolute Gasteiger partial charge is 0.333 e. The minimum atomic E-state index is -0.459. The van der Waals surface area contributed by atoms with Crippen molar-refractivity contribution >= 4 is 5.97 Å². The van der Waals surface area contributed by atoms with Crippen LogP contribution in [-0.2, 0) is 9.53 Å². The molecule has 0 bridgehead atoms. The number of ether oxygens (including phenoxy) is 1. The quantitative estimate of drug-likeness (QED) is 0.393. The van der Waals surface area contributed by atoms with Crippen molar-refractivity contribution in [2.75, 3.05) is 34.3 Å². The third kappa shape index (κ3) is 5.72. The fraction of sp³-hybridized carbons (Fsp3) is 0.700. The maximum absolute atomic E-state index is 11.2. The summed E-state index contributed by atoms with van der Waals surface area (Å²) in [5.74, 6) is -0.447. The number of esters is 1. The van der Waals surface area contributed by atoms with Crippen molar-refractivity contribution in [2.24, 2.45) is 0 Å². The van der Waals surface area contributed by atoms with Gasteiger partial charge in [-0.05, 0) is 6.92 Å². The van der Waals surface area contributed by atoms with Gasteiger partial charge in [0, 0.05) is 5.57 Å². The van der Waals surface area contributed by atoms with Crippen LogP contribution >= 0.6 is 0 Å². The van der Waals surface area contributed by atoms with E-state index in [-0.39, 0.29) is 6.61 Å². The molecule has 0 aliphatic heterocycles. The molecule has 0 aromatic heterocycles. The van der Waals surface area contributed by atoms with Crippen molar-refractivity contribution in [3.63, 3.8) is 0 Å². The lowest BCUT2D eigenvalue weighted by Gasteiger charge is -2.28. The number of hydrogen-bond acceptors (Lipinski definition) is 3. The molecule has 0 amide bonds. The average molecular weight is 202 g/mol. The molecule has 0 unspecified atom stereocenters. The van der Waals surface area contributed by atoms with E-state index in [2.05, 4.69) is 6.58 Å². The fourth-order valence-corrected chi connectivity index (χ4v) is 0.995. The maximum atomic E-state index is 11.2. The predicted octanol–water partition coefficient (Wildman–Crippen LogP) is 0.173. The lowest BCUT2D eigenvalue weighted by Crippen LogP contribution is -2.44. The van der Waals surface area contributed by atoms with Crippen LogP contribution in [0, 0.1) is 0 Å². The van der Waals surface area contributed by atoms with E-state index in [4.69, 9.17) is 9.84 Å². The molecule has 1 atom stereocenters. The second-order valence-electron chi connectivity index (χ2n) is 4.46. The van der Waals surface area contributed by atoms with Gasteiger partial charge >= 0.3 is 5.97 Å². The highest BCUT2D eigenvalue weighted by molar-refractivity contribution is 5.87. The second kappa shape index (κ2) is 5.12. The Hall–Kier alpha value is -0.870. The second-order valence-corrected chi connectivity index (χ2v) is 4.46. The molecule has 0 aliphatic rings. The number of carbonyl (C=O) groups excluding carboxylic acids is 1. The number of aliphatic hydroxyl groups is 1. The third-order valence-corrected chi connectivity index (χ3v) is 1.58. The van der Waals surface area contributed by atoms with Gasteiger partial charge in [-0.25, -0.2) is 4.79 Å². The Balaban J connectivity index is 4.17. The Kier molecular flexibility index (Phi) is 4.80. The maximum Gasteiger partial charge on any atom is 0.333 e. The van der Waals surface area contributed by atoms with Gasteiger partial charge < -0.3 is 14.3 Å². The third-order valence-electron chi connectivity index (χ3n) is 1.58. The highest BCUT2D eigenvalue weighted by atomic mass is 16.6. The molecule has 0 fully saturated rings. The van der Waals surface area contributed by atoms with Crippen LogP contribution in [0.3, 0.4) is 0 Å². The molecule has 0 rings (SSSR count). The van der Waals surface area contributed by atoms with Crippen LogP contribution in [0.5, 0.6) is 0 Å². The fourth-order valence-electron chi connectivity index (χ4n) is 0.995. The summed E-state index contributed by atoms with van der Waals surface area (Å²) in [6, 6.07) is 0. The molecule has 1 N–H and O–H groups in total. The number of nitrogens with zero attached hydrogens (tertiary/aromatic N) is 1. The summed E-state index contributed by atoms with van der Waals surface area (Å²) in [6.45, 7) is 5.48. The first kappa shape index (κ1) is 13.1. The van der Waals surface area contributed by atoms with Gasteiger partial charge in [-0.1, -0.05) is 6.58 Å². The van der Waals surface area contributed by atoms with E-state index in [1.165, 1.54) is 0 Å². The first-order valence-electron chi connectivity index (χ1n) is 4.54. The molecule has 0 aromatic carbocycles. The van der Waals surface area contributed by atoms with Gasteiger partial charge in [0.1, 0.15) is 6.54 Å². The normalized spacial score (nSPS) is 13.5. The molecule has 0 radical (unpaired) electrons. The molecule has 0 spiro atoms. The van der Waals surface area contributed by atoms with E-state index in [0.717, 1.165) is 0 Å². The van der Waals surface area contributed by atoms with E-state index < -0.39 is 12.1 Å². The standard InChI is InChI=1S/C10H20NO3/c1-8(2)10(13)14-9(7-12)6-11(3,4)5/h9,12H,1,6-7H2,2-5H3/q+1/t9-/m0/s1. The van der Waals surface area contributed by atoms with Crippen LogP contribution in [0.2, 0.25) is 0 Å². The molecular weight excluding hydrogens is 182 g/mol. The van der Waals surface area contributed by atoms with E-state index in [1.807, 2.05) is 21.1 Å². The lowest BCUT2D eigenvalue weighted by atomic mass is 10.3. The highest BCUT2D eigenvalue weighted by Gasteiger charge is 2.21. The van der Waals surface area contributed by atoms with E-state index in [1.54, 1.807) is 6.92 Å². The van der Waals surface area contributed by atoms with Crippen LogP contribution in [0.1, 0.15) is 6.92 Å². The number of aliphatic hydroxyl groups excluding tert-OH is 1. The number of rotatable bonds is 5. The first-order chi connectivity index (χ1) is 6.26. The summed E-state index contributed by atoms with van der Waals surface area (Å²) in [5, 5.41) is 9.00. The van der Waals surface area contributed by atoms with E-state index >= 15 is 0 Å². The molecule has 0 saturated heterocycles. The minimum Gasteiger partial charge on any atom is -0.451 e. The Bertz CT molecular complexity index is 218. The van der Waals surface area contributed by atoms with Crippen molar-refractivity contribution < 1.29 is 19.1 Å². The van der Waals surface area contributed by atoms with Crippen molar-refractivity contribution in [3.8, 4) is 0 Å². The zero-order valence-corrected chi connectivity index (χ0v) is 9.41. The van der Waals surface area contributed by atoms with Gasteiger partial charge in [0.05, 0.1) is 27.7 Å². The van der Waals surface area contributed by atoms with Crippen molar-refractivity contribution in [3.05, 3.63) is 12.2 Å².